The molecule has 0 fully saturated rings. The van der Waals surface area contributed by atoms with Gasteiger partial charge < -0.3 is 14.5 Å². The van der Waals surface area contributed by atoms with E-state index >= 15 is 0 Å². The quantitative estimate of drug-likeness (QED) is 0.527. The van der Waals surface area contributed by atoms with Crippen molar-refractivity contribution in [2.45, 2.75) is 20.3 Å². The van der Waals surface area contributed by atoms with Gasteiger partial charge in [-0.05, 0) is 25.1 Å². The summed E-state index contributed by atoms with van der Waals surface area (Å²) < 4.78 is 10.2. The van der Waals surface area contributed by atoms with Crippen molar-refractivity contribution >= 4 is 22.8 Å². The number of carbonyl (C=O) groups excluding carboxylic acids is 2. The molecule has 1 aromatic heterocycles. The van der Waals surface area contributed by atoms with Gasteiger partial charge in [0, 0.05) is 24.4 Å². The SMILES string of the molecule is CCNC(=O)c1cc2ccc(OC(=O)CC)cc2oc1=O. The molecule has 2 aromatic rings. The lowest BCUT2D eigenvalue weighted by molar-refractivity contribution is -0.134. The van der Waals surface area contributed by atoms with Crippen molar-refractivity contribution in [3.05, 3.63) is 40.2 Å². The Labute approximate surface area is 120 Å². The van der Waals surface area contributed by atoms with Crippen LogP contribution in [0, 0.1) is 0 Å². The third-order valence-electron chi connectivity index (χ3n) is 2.81. The topological polar surface area (TPSA) is 85.6 Å². The summed E-state index contributed by atoms with van der Waals surface area (Å²) in [5, 5.41) is 3.12. The lowest BCUT2D eigenvalue weighted by Gasteiger charge is -2.05. The second-order valence-corrected chi connectivity index (χ2v) is 4.33. The molecule has 6 heteroatoms. The highest BCUT2D eigenvalue weighted by molar-refractivity contribution is 5.96. The van der Waals surface area contributed by atoms with Gasteiger partial charge in [-0.15, -0.1) is 0 Å². The van der Waals surface area contributed by atoms with E-state index in [4.69, 9.17) is 9.15 Å². The molecule has 6 nitrogen and oxygen atoms in total. The normalized spacial score (nSPS) is 10.4. The molecule has 110 valence electrons. The fourth-order valence-corrected chi connectivity index (χ4v) is 1.77. The highest BCUT2D eigenvalue weighted by Gasteiger charge is 2.13. The molecule has 0 saturated carbocycles. The molecule has 0 unspecified atom stereocenters. The van der Waals surface area contributed by atoms with Gasteiger partial charge in [-0.1, -0.05) is 6.92 Å². The van der Waals surface area contributed by atoms with Crippen LogP contribution >= 0.6 is 0 Å². The third kappa shape index (κ3) is 3.28. The van der Waals surface area contributed by atoms with E-state index < -0.39 is 11.5 Å². The van der Waals surface area contributed by atoms with Crippen LogP contribution in [-0.2, 0) is 4.79 Å². The molecule has 0 atom stereocenters. The Kier molecular flexibility index (Phi) is 4.37. The maximum Gasteiger partial charge on any atom is 0.349 e. The zero-order valence-electron chi connectivity index (χ0n) is 11.8. The second-order valence-electron chi connectivity index (χ2n) is 4.33. The standard InChI is InChI=1S/C15H15NO5/c1-3-13(17)20-10-6-5-9-7-11(14(18)16-4-2)15(19)21-12(9)8-10/h5-8H,3-4H2,1-2H3,(H,16,18). The van der Waals surface area contributed by atoms with Gasteiger partial charge in [-0.3, -0.25) is 9.59 Å². The van der Waals surface area contributed by atoms with Crippen LogP contribution in [-0.4, -0.2) is 18.4 Å². The highest BCUT2D eigenvalue weighted by atomic mass is 16.5. The predicted octanol–water partition coefficient (Wildman–Crippen LogP) is 1.86. The van der Waals surface area contributed by atoms with Gasteiger partial charge in [0.1, 0.15) is 16.9 Å². The van der Waals surface area contributed by atoms with E-state index in [0.29, 0.717) is 17.7 Å². The van der Waals surface area contributed by atoms with Gasteiger partial charge >= 0.3 is 11.6 Å². The Morgan fingerprint density at radius 3 is 2.67 bits per heavy atom. The molecule has 1 N–H and O–H groups in total. The summed E-state index contributed by atoms with van der Waals surface area (Å²) >= 11 is 0. The minimum atomic E-state index is -0.729. The Bertz CT molecular complexity index is 747. The van der Waals surface area contributed by atoms with Gasteiger partial charge in [0.05, 0.1) is 0 Å². The number of carbonyl (C=O) groups is 2. The second kappa shape index (κ2) is 6.21. The van der Waals surface area contributed by atoms with Crippen LogP contribution in [0.1, 0.15) is 30.6 Å². The van der Waals surface area contributed by atoms with E-state index in [1.165, 1.54) is 12.1 Å². The Balaban J connectivity index is 2.42. The molecule has 1 amide bonds. The number of ether oxygens (including phenoxy) is 1. The largest absolute Gasteiger partial charge is 0.426 e. The van der Waals surface area contributed by atoms with E-state index in [2.05, 4.69) is 5.32 Å². The van der Waals surface area contributed by atoms with Crippen molar-refractivity contribution in [3.63, 3.8) is 0 Å². The monoisotopic (exact) mass is 289 g/mol. The van der Waals surface area contributed by atoms with Gasteiger partial charge in [-0.2, -0.15) is 0 Å². The van der Waals surface area contributed by atoms with Gasteiger partial charge in [0.15, 0.2) is 0 Å². The van der Waals surface area contributed by atoms with Crippen LogP contribution in [0.2, 0.25) is 0 Å². The molecule has 0 spiro atoms. The Morgan fingerprint density at radius 2 is 2.00 bits per heavy atom. The predicted molar refractivity (Wildman–Crippen MR) is 76.4 cm³/mol. The minimum Gasteiger partial charge on any atom is -0.426 e. The van der Waals surface area contributed by atoms with Crippen LogP contribution < -0.4 is 15.7 Å². The molecule has 2 rings (SSSR count). The van der Waals surface area contributed by atoms with E-state index in [0.717, 1.165) is 0 Å². The molecular formula is C15H15NO5. The first kappa shape index (κ1) is 14.8. The number of hydrogen-bond donors (Lipinski definition) is 1. The maximum absolute atomic E-state index is 11.8. The van der Waals surface area contributed by atoms with Gasteiger partial charge in [0.25, 0.3) is 5.91 Å². The van der Waals surface area contributed by atoms with Gasteiger partial charge in [0.2, 0.25) is 0 Å². The first-order valence-corrected chi connectivity index (χ1v) is 6.62. The zero-order valence-corrected chi connectivity index (χ0v) is 11.8. The summed E-state index contributed by atoms with van der Waals surface area (Å²) in [6.07, 6.45) is 0.248. The molecule has 0 aliphatic rings. The van der Waals surface area contributed by atoms with Crippen LogP contribution in [0.5, 0.6) is 5.75 Å². The number of hydrogen-bond acceptors (Lipinski definition) is 5. The summed E-state index contributed by atoms with van der Waals surface area (Å²) in [5.41, 5.74) is -0.524. The van der Waals surface area contributed by atoms with Crippen LogP contribution in [0.25, 0.3) is 11.0 Å². The smallest absolute Gasteiger partial charge is 0.349 e. The molecule has 0 radical (unpaired) electrons. The van der Waals surface area contributed by atoms with E-state index in [1.807, 2.05) is 0 Å². The van der Waals surface area contributed by atoms with Crippen molar-refractivity contribution in [1.29, 1.82) is 0 Å². The van der Waals surface area contributed by atoms with Crippen molar-refractivity contribution in [3.8, 4) is 5.75 Å². The fourth-order valence-electron chi connectivity index (χ4n) is 1.77. The first-order valence-electron chi connectivity index (χ1n) is 6.62. The fraction of sp³-hybridized carbons (Fsp3) is 0.267. The molecule has 0 aliphatic carbocycles. The zero-order chi connectivity index (χ0) is 15.4. The van der Waals surface area contributed by atoms with Crippen LogP contribution in [0.3, 0.4) is 0 Å². The molecule has 0 saturated heterocycles. The number of benzene rings is 1. The molecule has 1 aromatic carbocycles. The van der Waals surface area contributed by atoms with Crippen molar-refractivity contribution in [1.82, 2.24) is 5.32 Å². The van der Waals surface area contributed by atoms with Crippen molar-refractivity contribution < 1.29 is 18.7 Å². The summed E-state index contributed by atoms with van der Waals surface area (Å²) in [7, 11) is 0. The number of nitrogens with one attached hydrogen (secondary N) is 1. The summed E-state index contributed by atoms with van der Waals surface area (Å²) in [6.45, 7) is 3.86. The van der Waals surface area contributed by atoms with E-state index in [1.54, 1.807) is 26.0 Å². The van der Waals surface area contributed by atoms with Crippen molar-refractivity contribution in [2.75, 3.05) is 6.54 Å². The number of esters is 1. The van der Waals surface area contributed by atoms with Crippen LogP contribution in [0.4, 0.5) is 0 Å². The average molecular weight is 289 g/mol. The lowest BCUT2D eigenvalue weighted by atomic mass is 10.1. The summed E-state index contributed by atoms with van der Waals surface area (Å²) in [5.74, 6) is -0.562. The summed E-state index contributed by atoms with van der Waals surface area (Å²) in [6, 6.07) is 6.11. The molecule has 1 heterocycles. The lowest BCUT2D eigenvalue weighted by Crippen LogP contribution is -2.27. The first-order chi connectivity index (χ1) is 10.0. The maximum atomic E-state index is 11.8. The Hall–Kier alpha value is -2.63. The average Bonchev–Trinajstić information content (AvgIpc) is 2.46. The van der Waals surface area contributed by atoms with E-state index in [9.17, 15) is 14.4 Å². The number of rotatable bonds is 4. The number of amides is 1. The van der Waals surface area contributed by atoms with Crippen LogP contribution in [0.15, 0.2) is 33.5 Å². The number of fused-ring (bicyclic) bond motifs is 1. The van der Waals surface area contributed by atoms with Crippen molar-refractivity contribution in [2.24, 2.45) is 0 Å². The Morgan fingerprint density at radius 1 is 1.24 bits per heavy atom. The van der Waals surface area contributed by atoms with Gasteiger partial charge in [-0.25, -0.2) is 4.79 Å². The van der Waals surface area contributed by atoms with E-state index in [-0.39, 0.29) is 23.5 Å². The molecular weight excluding hydrogens is 274 g/mol. The highest BCUT2D eigenvalue weighted by Crippen LogP contribution is 2.20. The minimum absolute atomic E-state index is 0.0531. The summed E-state index contributed by atoms with van der Waals surface area (Å²) in [4.78, 5) is 34.8. The third-order valence-corrected chi connectivity index (χ3v) is 2.81. The molecule has 21 heavy (non-hydrogen) atoms. The molecule has 0 bridgehead atoms. The molecule has 0 aliphatic heterocycles.